The van der Waals surface area contributed by atoms with Crippen molar-refractivity contribution in [3.8, 4) is 0 Å². The van der Waals surface area contributed by atoms with Gasteiger partial charge in [0.2, 0.25) is 15.9 Å². The molecule has 0 spiro atoms. The van der Waals surface area contributed by atoms with Crippen LogP contribution >= 0.6 is 0 Å². The van der Waals surface area contributed by atoms with Gasteiger partial charge in [-0.3, -0.25) is 0 Å². The van der Waals surface area contributed by atoms with E-state index in [1.54, 1.807) is 6.92 Å². The molecule has 2 aromatic rings. The number of rotatable bonds is 5. The van der Waals surface area contributed by atoms with Gasteiger partial charge in [-0.1, -0.05) is 5.16 Å². The van der Waals surface area contributed by atoms with E-state index in [1.165, 1.54) is 26.1 Å². The van der Waals surface area contributed by atoms with E-state index in [9.17, 15) is 13.2 Å². The van der Waals surface area contributed by atoms with E-state index in [4.69, 9.17) is 9.63 Å². The first-order chi connectivity index (χ1) is 10.1. The van der Waals surface area contributed by atoms with Gasteiger partial charge >= 0.3 is 5.97 Å². The molecule has 2 rings (SSSR count). The smallest absolute Gasteiger partial charge is 0.355 e. The molecule has 0 aliphatic heterocycles. The second kappa shape index (κ2) is 5.46. The first-order valence-electron chi connectivity index (χ1n) is 6.16. The zero-order valence-electron chi connectivity index (χ0n) is 12.1. The summed E-state index contributed by atoms with van der Waals surface area (Å²) in [6.45, 7) is 4.64. The Kier molecular flexibility index (Phi) is 3.98. The molecule has 2 aromatic heterocycles. The van der Waals surface area contributed by atoms with Crippen LogP contribution in [-0.2, 0) is 15.6 Å². The summed E-state index contributed by atoms with van der Waals surface area (Å²) in [7, 11) is -4.15. The molecule has 0 radical (unpaired) electrons. The number of carboxylic acid groups (broad SMARTS) is 1. The van der Waals surface area contributed by atoms with Crippen molar-refractivity contribution >= 4 is 16.0 Å². The Labute approximate surface area is 126 Å². The molecule has 0 saturated carbocycles. The van der Waals surface area contributed by atoms with E-state index in [2.05, 4.69) is 19.8 Å². The molecule has 22 heavy (non-hydrogen) atoms. The second-order valence-corrected chi connectivity index (χ2v) is 6.67. The number of pyridine rings is 1. The van der Waals surface area contributed by atoms with Crippen molar-refractivity contribution in [1.82, 2.24) is 19.8 Å². The van der Waals surface area contributed by atoms with Crippen LogP contribution in [0.4, 0.5) is 0 Å². The number of aryl methyl sites for hydroxylation is 1. The number of aromatic carboxylic acids is 1. The Bertz CT molecular complexity index is 812. The van der Waals surface area contributed by atoms with Crippen LogP contribution in [0.25, 0.3) is 0 Å². The molecule has 0 atom stereocenters. The molecule has 0 aliphatic rings. The Morgan fingerprint density at radius 3 is 2.64 bits per heavy atom. The number of carbonyl (C=O) groups is 1. The molecule has 118 valence electrons. The van der Waals surface area contributed by atoms with Crippen molar-refractivity contribution in [3.05, 3.63) is 35.7 Å². The van der Waals surface area contributed by atoms with Crippen LogP contribution in [0.3, 0.4) is 0 Å². The summed E-state index contributed by atoms with van der Waals surface area (Å²) in [5, 5.41) is 12.7. The minimum Gasteiger partial charge on any atom is -0.476 e. The first-order valence-corrected chi connectivity index (χ1v) is 7.65. The van der Waals surface area contributed by atoms with Gasteiger partial charge in [0.15, 0.2) is 11.5 Å². The molecule has 0 aromatic carbocycles. The maximum absolute atomic E-state index is 12.5. The Morgan fingerprint density at radius 2 is 2.09 bits per heavy atom. The molecule has 0 amide bonds. The quantitative estimate of drug-likeness (QED) is 0.819. The minimum atomic E-state index is -4.15. The summed E-state index contributed by atoms with van der Waals surface area (Å²) in [6, 6.07) is 2.50. The monoisotopic (exact) mass is 326 g/mol. The summed E-state index contributed by atoms with van der Waals surface area (Å²) in [4.78, 5) is 18.2. The fourth-order valence-electron chi connectivity index (χ4n) is 1.76. The van der Waals surface area contributed by atoms with Crippen molar-refractivity contribution in [1.29, 1.82) is 0 Å². The number of nitrogens with zero attached hydrogens (tertiary/aromatic N) is 3. The van der Waals surface area contributed by atoms with Crippen LogP contribution in [-0.4, -0.2) is 34.6 Å². The highest BCUT2D eigenvalue weighted by molar-refractivity contribution is 7.89. The van der Waals surface area contributed by atoms with E-state index < -0.39 is 32.1 Å². The average molecular weight is 326 g/mol. The normalized spacial score (nSPS) is 12.3. The molecule has 10 heteroatoms. The highest BCUT2D eigenvalue weighted by Crippen LogP contribution is 2.22. The third-order valence-electron chi connectivity index (χ3n) is 2.74. The highest BCUT2D eigenvalue weighted by Gasteiger charge is 2.34. The summed E-state index contributed by atoms with van der Waals surface area (Å²) in [5.74, 6) is -1.02. The van der Waals surface area contributed by atoms with Gasteiger partial charge in [0.25, 0.3) is 0 Å². The van der Waals surface area contributed by atoms with Gasteiger partial charge in [0.1, 0.15) is 4.90 Å². The molecule has 9 nitrogen and oxygen atoms in total. The number of carboxylic acids is 1. The van der Waals surface area contributed by atoms with Crippen LogP contribution in [0, 0.1) is 6.92 Å². The van der Waals surface area contributed by atoms with E-state index in [-0.39, 0.29) is 11.7 Å². The zero-order valence-corrected chi connectivity index (χ0v) is 12.9. The molecular formula is C12H14N4O5S. The number of hydrogen-bond donors (Lipinski definition) is 2. The molecule has 0 saturated heterocycles. The van der Waals surface area contributed by atoms with Crippen molar-refractivity contribution < 1.29 is 22.8 Å². The van der Waals surface area contributed by atoms with Crippen molar-refractivity contribution in [2.24, 2.45) is 0 Å². The number of nitrogens with one attached hydrogen (secondary N) is 1. The lowest BCUT2D eigenvalue weighted by molar-refractivity contribution is 0.0685. The molecule has 2 N–H and O–H groups in total. The summed E-state index contributed by atoms with van der Waals surface area (Å²) in [6.07, 6.45) is 1.20. The third kappa shape index (κ3) is 3.12. The molecule has 2 heterocycles. The van der Waals surface area contributed by atoms with Crippen molar-refractivity contribution in [2.45, 2.75) is 31.2 Å². The average Bonchev–Trinajstić information content (AvgIpc) is 2.85. The predicted molar refractivity (Wildman–Crippen MR) is 73.6 cm³/mol. The molecule has 0 unspecified atom stereocenters. The predicted octanol–water partition coefficient (Wildman–Crippen LogP) is 0.685. The maximum Gasteiger partial charge on any atom is 0.355 e. The van der Waals surface area contributed by atoms with Crippen molar-refractivity contribution in [3.63, 3.8) is 0 Å². The van der Waals surface area contributed by atoms with Gasteiger partial charge in [-0.15, -0.1) is 0 Å². The SMILES string of the molecule is Cc1nc(C(C)(C)NS(=O)(=O)c2cccnc2C(=O)O)no1. The van der Waals surface area contributed by atoms with Gasteiger partial charge in [-0.2, -0.15) is 9.71 Å². The van der Waals surface area contributed by atoms with Gasteiger partial charge in [0, 0.05) is 13.1 Å². The molecule has 0 bridgehead atoms. The van der Waals surface area contributed by atoms with Gasteiger partial charge in [0.05, 0.1) is 5.54 Å². The van der Waals surface area contributed by atoms with E-state index >= 15 is 0 Å². The van der Waals surface area contributed by atoms with Crippen LogP contribution in [0.5, 0.6) is 0 Å². The Balaban J connectivity index is 2.42. The van der Waals surface area contributed by atoms with Gasteiger partial charge in [-0.25, -0.2) is 18.2 Å². The highest BCUT2D eigenvalue weighted by atomic mass is 32.2. The van der Waals surface area contributed by atoms with E-state index in [1.807, 2.05) is 0 Å². The van der Waals surface area contributed by atoms with Crippen LogP contribution < -0.4 is 4.72 Å². The lowest BCUT2D eigenvalue weighted by atomic mass is 10.1. The number of aromatic nitrogens is 3. The topological polar surface area (TPSA) is 135 Å². The van der Waals surface area contributed by atoms with Gasteiger partial charge < -0.3 is 9.63 Å². The largest absolute Gasteiger partial charge is 0.476 e. The van der Waals surface area contributed by atoms with Crippen LogP contribution in [0.2, 0.25) is 0 Å². The standard InChI is InChI=1S/C12H14N4O5S/c1-7-14-11(15-21-7)12(2,3)16-22(19,20)8-5-4-6-13-9(8)10(17)18/h4-6,16H,1-3H3,(H,17,18). The van der Waals surface area contributed by atoms with Crippen LogP contribution in [0.15, 0.2) is 27.7 Å². The maximum atomic E-state index is 12.5. The lowest BCUT2D eigenvalue weighted by Crippen LogP contribution is -2.42. The molecular weight excluding hydrogens is 312 g/mol. The fourth-order valence-corrected chi connectivity index (χ4v) is 3.28. The van der Waals surface area contributed by atoms with E-state index in [0.717, 1.165) is 6.07 Å². The number of sulfonamides is 1. The summed E-state index contributed by atoms with van der Waals surface area (Å²) in [5.41, 5.74) is -1.75. The van der Waals surface area contributed by atoms with E-state index in [0.29, 0.717) is 0 Å². The molecule has 0 aliphatic carbocycles. The minimum absolute atomic E-state index is 0.134. The third-order valence-corrected chi connectivity index (χ3v) is 4.43. The Hall–Kier alpha value is -2.33. The van der Waals surface area contributed by atoms with Gasteiger partial charge in [-0.05, 0) is 26.0 Å². The van der Waals surface area contributed by atoms with Crippen molar-refractivity contribution in [2.75, 3.05) is 0 Å². The summed E-state index contributed by atoms with van der Waals surface area (Å²) >= 11 is 0. The summed E-state index contributed by atoms with van der Waals surface area (Å²) < 4.78 is 32.1. The first kappa shape index (κ1) is 16.0. The Morgan fingerprint density at radius 1 is 1.41 bits per heavy atom. The lowest BCUT2D eigenvalue weighted by Gasteiger charge is -2.22. The van der Waals surface area contributed by atoms with Crippen LogP contribution in [0.1, 0.15) is 36.1 Å². The molecule has 0 fully saturated rings. The fraction of sp³-hybridized carbons (Fsp3) is 0.333. The zero-order chi connectivity index (χ0) is 16.5. The number of hydrogen-bond acceptors (Lipinski definition) is 7. The second-order valence-electron chi connectivity index (χ2n) is 5.02.